The van der Waals surface area contributed by atoms with Gasteiger partial charge in [0.15, 0.2) is 16.4 Å². The summed E-state index contributed by atoms with van der Waals surface area (Å²) < 4.78 is 29.5. The summed E-state index contributed by atoms with van der Waals surface area (Å²) in [6, 6.07) is 12.6. The summed E-state index contributed by atoms with van der Waals surface area (Å²) in [7, 11) is -3.54. The number of amides is 1. The third-order valence-electron chi connectivity index (χ3n) is 3.96. The number of nitrogens with one attached hydrogen (secondary N) is 1. The highest BCUT2D eigenvalue weighted by Gasteiger charge is 2.16. The molecule has 0 radical (unpaired) electrons. The number of carbonyl (C=O) groups excluding carboxylic acids is 2. The fourth-order valence-corrected chi connectivity index (χ4v) is 3.47. The number of fused-ring (bicyclic) bond motifs is 1. The number of anilines is 1. The average Bonchev–Trinajstić information content (AvgIpc) is 2.68. The lowest BCUT2D eigenvalue weighted by Gasteiger charge is -2.10. The smallest absolute Gasteiger partial charge is 0.326 e. The number of hydrogen-bond acceptors (Lipinski definition) is 7. The van der Waals surface area contributed by atoms with Crippen LogP contribution in [0.2, 0.25) is 0 Å². The summed E-state index contributed by atoms with van der Waals surface area (Å²) in [5.74, 6) is -1.52. The molecule has 1 aromatic heterocycles. The van der Waals surface area contributed by atoms with E-state index in [1.54, 1.807) is 30.3 Å². The number of benzene rings is 2. The zero-order chi connectivity index (χ0) is 21.0. The van der Waals surface area contributed by atoms with Gasteiger partial charge in [0, 0.05) is 6.26 Å². The molecular formula is C19H17N3O6S. The normalized spacial score (nSPS) is 11.2. The number of rotatable bonds is 6. The molecule has 0 saturated heterocycles. The number of ether oxygens (including phenoxy) is 1. The second-order valence-electron chi connectivity index (χ2n) is 6.17. The van der Waals surface area contributed by atoms with E-state index in [1.807, 2.05) is 0 Å². The molecule has 3 rings (SSSR count). The largest absolute Gasteiger partial charge is 0.454 e. The van der Waals surface area contributed by atoms with E-state index in [2.05, 4.69) is 10.3 Å². The van der Waals surface area contributed by atoms with Crippen molar-refractivity contribution in [1.82, 2.24) is 9.55 Å². The monoisotopic (exact) mass is 415 g/mol. The van der Waals surface area contributed by atoms with Crippen LogP contribution in [0.1, 0.15) is 0 Å². The lowest BCUT2D eigenvalue weighted by Crippen LogP contribution is -2.28. The number of aromatic nitrogens is 2. The first kappa shape index (κ1) is 20.2. The maximum Gasteiger partial charge on any atom is 0.326 e. The first-order valence-electron chi connectivity index (χ1n) is 8.44. The van der Waals surface area contributed by atoms with E-state index in [0.717, 1.165) is 10.8 Å². The molecular weight excluding hydrogens is 398 g/mol. The van der Waals surface area contributed by atoms with E-state index in [9.17, 15) is 22.8 Å². The van der Waals surface area contributed by atoms with E-state index in [4.69, 9.17) is 4.74 Å². The molecule has 0 bridgehead atoms. The molecule has 2 aromatic carbocycles. The molecule has 150 valence electrons. The minimum Gasteiger partial charge on any atom is -0.454 e. The molecule has 0 fully saturated rings. The van der Waals surface area contributed by atoms with Crippen molar-refractivity contribution in [3.63, 3.8) is 0 Å². The van der Waals surface area contributed by atoms with Gasteiger partial charge < -0.3 is 10.1 Å². The summed E-state index contributed by atoms with van der Waals surface area (Å²) in [5.41, 5.74) is 0.191. The van der Waals surface area contributed by atoms with Crippen molar-refractivity contribution in [2.24, 2.45) is 0 Å². The van der Waals surface area contributed by atoms with Gasteiger partial charge in [-0.15, -0.1) is 0 Å². The topological polar surface area (TPSA) is 124 Å². The van der Waals surface area contributed by atoms with Crippen LogP contribution in [0.4, 0.5) is 5.69 Å². The van der Waals surface area contributed by atoms with Crippen molar-refractivity contribution in [3.05, 3.63) is 65.2 Å². The summed E-state index contributed by atoms with van der Waals surface area (Å²) in [6.07, 6.45) is 2.25. The molecule has 0 atom stereocenters. The zero-order valence-electron chi connectivity index (χ0n) is 15.4. The number of carbonyl (C=O) groups is 2. The Kier molecular flexibility index (Phi) is 5.74. The van der Waals surface area contributed by atoms with Crippen molar-refractivity contribution in [2.75, 3.05) is 18.2 Å². The average molecular weight is 415 g/mol. The van der Waals surface area contributed by atoms with Gasteiger partial charge in [0.05, 0.1) is 27.8 Å². The van der Waals surface area contributed by atoms with Crippen LogP contribution in [0.5, 0.6) is 0 Å². The van der Waals surface area contributed by atoms with E-state index >= 15 is 0 Å². The molecule has 0 aliphatic heterocycles. The molecule has 1 N–H and O–H groups in total. The van der Waals surface area contributed by atoms with Gasteiger partial charge in [-0.05, 0) is 24.3 Å². The SMILES string of the molecule is CS(=O)(=O)c1ccccc1NC(=O)COC(=O)Cn1cnc2ccccc2c1=O. The molecule has 3 aromatic rings. The summed E-state index contributed by atoms with van der Waals surface area (Å²) in [4.78, 5) is 40.4. The van der Waals surface area contributed by atoms with Gasteiger partial charge >= 0.3 is 5.97 Å². The lowest BCUT2D eigenvalue weighted by atomic mass is 10.2. The Balaban J connectivity index is 1.63. The summed E-state index contributed by atoms with van der Waals surface area (Å²) in [6.45, 7) is -1.05. The molecule has 9 nitrogen and oxygen atoms in total. The Morgan fingerprint density at radius 1 is 1.10 bits per heavy atom. The molecule has 0 aliphatic carbocycles. The van der Waals surface area contributed by atoms with Gasteiger partial charge in [0.25, 0.3) is 11.5 Å². The van der Waals surface area contributed by atoms with Crippen molar-refractivity contribution in [3.8, 4) is 0 Å². The Bertz CT molecular complexity index is 1250. The molecule has 0 spiro atoms. The second kappa shape index (κ2) is 8.23. The van der Waals surface area contributed by atoms with Gasteiger partial charge in [-0.1, -0.05) is 24.3 Å². The molecule has 1 heterocycles. The summed E-state index contributed by atoms with van der Waals surface area (Å²) >= 11 is 0. The molecule has 0 unspecified atom stereocenters. The highest BCUT2D eigenvalue weighted by molar-refractivity contribution is 7.90. The highest BCUT2D eigenvalue weighted by atomic mass is 32.2. The quantitative estimate of drug-likeness (QED) is 0.595. The molecule has 1 amide bonds. The minimum atomic E-state index is -3.54. The summed E-state index contributed by atoms with van der Waals surface area (Å²) in [5, 5.41) is 2.75. The van der Waals surface area contributed by atoms with Crippen LogP contribution in [0.3, 0.4) is 0 Å². The maximum atomic E-state index is 12.4. The molecule has 0 saturated carbocycles. The fourth-order valence-electron chi connectivity index (χ4n) is 2.63. The number of esters is 1. The van der Waals surface area contributed by atoms with Gasteiger partial charge in [-0.2, -0.15) is 0 Å². The van der Waals surface area contributed by atoms with Gasteiger partial charge in [-0.25, -0.2) is 13.4 Å². The number of hydrogen-bond donors (Lipinski definition) is 1. The first-order valence-corrected chi connectivity index (χ1v) is 10.3. The number of para-hydroxylation sites is 2. The first-order chi connectivity index (χ1) is 13.8. The van der Waals surface area contributed by atoms with E-state index in [0.29, 0.717) is 10.9 Å². The maximum absolute atomic E-state index is 12.4. The van der Waals surface area contributed by atoms with Crippen LogP contribution in [0.15, 0.2) is 64.5 Å². The zero-order valence-corrected chi connectivity index (χ0v) is 16.2. The third-order valence-corrected chi connectivity index (χ3v) is 5.11. The predicted molar refractivity (Wildman–Crippen MR) is 105 cm³/mol. The minimum absolute atomic E-state index is 0.0477. The van der Waals surface area contributed by atoms with E-state index in [-0.39, 0.29) is 10.6 Å². The van der Waals surface area contributed by atoms with Crippen LogP contribution in [0.25, 0.3) is 10.9 Å². The number of sulfone groups is 1. The van der Waals surface area contributed by atoms with E-state index < -0.39 is 40.4 Å². The van der Waals surface area contributed by atoms with Crippen LogP contribution in [0, 0.1) is 0 Å². The van der Waals surface area contributed by atoms with Crippen LogP contribution in [-0.2, 0) is 30.7 Å². The predicted octanol–water partition coefficient (Wildman–Crippen LogP) is 0.982. The van der Waals surface area contributed by atoms with Crippen molar-refractivity contribution >= 4 is 38.3 Å². The van der Waals surface area contributed by atoms with Crippen LogP contribution in [-0.4, -0.2) is 42.7 Å². The Morgan fingerprint density at radius 3 is 2.55 bits per heavy atom. The van der Waals surface area contributed by atoms with Crippen LogP contribution >= 0.6 is 0 Å². The van der Waals surface area contributed by atoms with Gasteiger partial charge in [0.2, 0.25) is 0 Å². The molecule has 29 heavy (non-hydrogen) atoms. The molecule has 0 aliphatic rings. The second-order valence-corrected chi connectivity index (χ2v) is 8.16. The van der Waals surface area contributed by atoms with Gasteiger partial charge in [0.1, 0.15) is 6.54 Å². The third kappa shape index (κ3) is 4.85. The fraction of sp³-hybridized carbons (Fsp3) is 0.158. The standard InChI is InChI=1S/C19H17N3O6S/c1-29(26,27)16-9-5-4-8-15(16)21-17(23)11-28-18(24)10-22-12-20-14-7-3-2-6-13(14)19(22)25/h2-9,12H,10-11H2,1H3,(H,21,23). The Labute approximate surface area is 165 Å². The Morgan fingerprint density at radius 2 is 1.79 bits per heavy atom. The van der Waals surface area contributed by atoms with Gasteiger partial charge in [-0.3, -0.25) is 19.0 Å². The lowest BCUT2D eigenvalue weighted by molar-refractivity contribution is -0.147. The highest BCUT2D eigenvalue weighted by Crippen LogP contribution is 2.20. The molecule has 10 heteroatoms. The van der Waals surface area contributed by atoms with Crippen molar-refractivity contribution in [2.45, 2.75) is 11.4 Å². The number of nitrogens with zero attached hydrogens (tertiary/aromatic N) is 2. The van der Waals surface area contributed by atoms with Crippen molar-refractivity contribution < 1.29 is 22.7 Å². The van der Waals surface area contributed by atoms with E-state index in [1.165, 1.54) is 24.5 Å². The van der Waals surface area contributed by atoms with Crippen LogP contribution < -0.4 is 10.9 Å². The van der Waals surface area contributed by atoms with Crippen molar-refractivity contribution in [1.29, 1.82) is 0 Å². The Hall–Kier alpha value is -3.53.